The summed E-state index contributed by atoms with van der Waals surface area (Å²) in [5, 5.41) is 3.35. The highest BCUT2D eigenvalue weighted by Gasteiger charge is 2.45. The Morgan fingerprint density at radius 1 is 1.17 bits per heavy atom. The molecule has 1 aromatic heterocycles. The number of nitrogens with one attached hydrogen (secondary N) is 1. The number of carbonyl (C=O) groups excluding carboxylic acids is 1. The van der Waals surface area contributed by atoms with Crippen molar-refractivity contribution in [2.75, 3.05) is 38.1 Å². The van der Waals surface area contributed by atoms with Gasteiger partial charge in [-0.05, 0) is 31.7 Å². The van der Waals surface area contributed by atoms with Crippen LogP contribution in [0.1, 0.15) is 32.1 Å². The fourth-order valence-electron chi connectivity index (χ4n) is 4.15. The Balaban J connectivity index is 1.37. The van der Waals surface area contributed by atoms with Crippen LogP contribution in [-0.2, 0) is 4.74 Å². The molecule has 3 fully saturated rings. The Morgan fingerprint density at radius 2 is 1.92 bits per heavy atom. The summed E-state index contributed by atoms with van der Waals surface area (Å²) < 4.78 is 6.18. The third kappa shape index (κ3) is 3.17. The van der Waals surface area contributed by atoms with Gasteiger partial charge >= 0.3 is 6.03 Å². The molecule has 1 spiro atoms. The molecule has 0 radical (unpaired) electrons. The van der Waals surface area contributed by atoms with Crippen molar-refractivity contribution in [3.05, 3.63) is 18.5 Å². The van der Waals surface area contributed by atoms with Crippen molar-refractivity contribution >= 4 is 12.0 Å². The van der Waals surface area contributed by atoms with Gasteiger partial charge < -0.3 is 19.9 Å². The maximum Gasteiger partial charge on any atom is 0.320 e. The van der Waals surface area contributed by atoms with Gasteiger partial charge in [0.25, 0.3) is 0 Å². The number of hydrogen-bond donors (Lipinski definition) is 1. The Labute approximate surface area is 142 Å². The van der Waals surface area contributed by atoms with E-state index in [2.05, 4.69) is 15.3 Å². The molecule has 24 heavy (non-hydrogen) atoms. The van der Waals surface area contributed by atoms with Gasteiger partial charge in [0.2, 0.25) is 5.95 Å². The monoisotopic (exact) mass is 331 g/mol. The van der Waals surface area contributed by atoms with E-state index in [1.165, 1.54) is 0 Å². The maximum atomic E-state index is 12.7. The van der Waals surface area contributed by atoms with Gasteiger partial charge in [-0.3, -0.25) is 0 Å². The minimum absolute atomic E-state index is 0.193. The first-order valence-electron chi connectivity index (χ1n) is 8.96. The van der Waals surface area contributed by atoms with Gasteiger partial charge in [-0.15, -0.1) is 0 Å². The van der Waals surface area contributed by atoms with E-state index in [0.717, 1.165) is 51.7 Å². The number of amides is 2. The molecule has 4 rings (SSSR count). The van der Waals surface area contributed by atoms with E-state index in [-0.39, 0.29) is 17.7 Å². The summed E-state index contributed by atoms with van der Waals surface area (Å²) in [7, 11) is 0. The van der Waals surface area contributed by atoms with Crippen molar-refractivity contribution in [1.29, 1.82) is 0 Å². The van der Waals surface area contributed by atoms with Crippen molar-refractivity contribution in [3.8, 4) is 0 Å². The highest BCUT2D eigenvalue weighted by atomic mass is 16.5. The molecule has 0 aromatic carbocycles. The molecular weight excluding hydrogens is 306 g/mol. The maximum absolute atomic E-state index is 12.7. The average molecular weight is 331 g/mol. The van der Waals surface area contributed by atoms with Crippen LogP contribution in [0.4, 0.5) is 10.7 Å². The van der Waals surface area contributed by atoms with E-state index in [4.69, 9.17) is 4.74 Å². The fraction of sp³-hybridized carbons (Fsp3) is 0.706. The zero-order valence-corrected chi connectivity index (χ0v) is 14.0. The van der Waals surface area contributed by atoms with Crippen molar-refractivity contribution in [2.24, 2.45) is 0 Å². The van der Waals surface area contributed by atoms with Crippen molar-refractivity contribution in [2.45, 2.75) is 43.7 Å². The lowest BCUT2D eigenvalue weighted by Crippen LogP contribution is -2.53. The first-order valence-corrected chi connectivity index (χ1v) is 8.96. The third-order valence-corrected chi connectivity index (χ3v) is 5.29. The Morgan fingerprint density at radius 3 is 2.71 bits per heavy atom. The molecule has 0 aliphatic carbocycles. The predicted octanol–water partition coefficient (Wildman–Crippen LogP) is 1.73. The number of nitrogens with zero attached hydrogens (tertiary/aromatic N) is 4. The van der Waals surface area contributed by atoms with Crippen molar-refractivity contribution in [1.82, 2.24) is 19.8 Å². The van der Waals surface area contributed by atoms with Crippen LogP contribution in [0.15, 0.2) is 18.5 Å². The van der Waals surface area contributed by atoms with Gasteiger partial charge in [-0.1, -0.05) is 0 Å². The van der Waals surface area contributed by atoms with Crippen LogP contribution in [0.2, 0.25) is 0 Å². The van der Waals surface area contributed by atoms with Gasteiger partial charge in [0.15, 0.2) is 0 Å². The molecule has 4 heterocycles. The zero-order chi connectivity index (χ0) is 16.4. The molecule has 130 valence electrons. The van der Waals surface area contributed by atoms with Crippen LogP contribution in [0.25, 0.3) is 0 Å². The summed E-state index contributed by atoms with van der Waals surface area (Å²) >= 11 is 0. The SMILES string of the molecule is O=C(N1CCCC1)N1CCCC2(CC(Nc3ncccn3)CO2)C1. The number of likely N-dealkylation sites (tertiary alicyclic amines) is 2. The summed E-state index contributed by atoms with van der Waals surface area (Å²) in [5.74, 6) is 0.643. The summed E-state index contributed by atoms with van der Waals surface area (Å²) in [5.41, 5.74) is -0.208. The molecule has 1 N–H and O–H groups in total. The van der Waals surface area contributed by atoms with Gasteiger partial charge in [0, 0.05) is 38.4 Å². The van der Waals surface area contributed by atoms with Gasteiger partial charge in [-0.25, -0.2) is 14.8 Å². The largest absolute Gasteiger partial charge is 0.371 e. The second kappa shape index (κ2) is 6.55. The van der Waals surface area contributed by atoms with Crippen LogP contribution in [-0.4, -0.2) is 70.2 Å². The van der Waals surface area contributed by atoms with E-state index in [1.54, 1.807) is 18.5 Å². The number of piperidine rings is 1. The van der Waals surface area contributed by atoms with Crippen LogP contribution >= 0.6 is 0 Å². The average Bonchev–Trinajstić information content (AvgIpc) is 3.26. The molecule has 3 aliphatic rings. The van der Waals surface area contributed by atoms with E-state index in [9.17, 15) is 4.79 Å². The Bertz CT molecular complexity index is 578. The van der Waals surface area contributed by atoms with Crippen LogP contribution in [0.5, 0.6) is 0 Å². The summed E-state index contributed by atoms with van der Waals surface area (Å²) in [6.07, 6.45) is 8.65. The number of hydrogen-bond acceptors (Lipinski definition) is 5. The highest BCUT2D eigenvalue weighted by Crippen LogP contribution is 2.36. The first kappa shape index (κ1) is 15.6. The molecule has 0 saturated carbocycles. The predicted molar refractivity (Wildman–Crippen MR) is 89.8 cm³/mol. The molecule has 7 nitrogen and oxygen atoms in total. The normalized spacial score (nSPS) is 30.1. The number of urea groups is 1. The van der Waals surface area contributed by atoms with Gasteiger partial charge in [0.05, 0.1) is 24.8 Å². The standard InChI is InChI=1S/C17H25N5O2/c23-16(21-8-1-2-9-21)22-10-3-5-17(13-22)11-14(12-24-17)20-15-18-6-4-7-19-15/h4,6-7,14H,1-3,5,8-13H2,(H,18,19,20). The van der Waals surface area contributed by atoms with Crippen molar-refractivity contribution in [3.63, 3.8) is 0 Å². The Hall–Kier alpha value is -1.89. The lowest BCUT2D eigenvalue weighted by molar-refractivity contribution is -0.0435. The number of ether oxygens (including phenoxy) is 1. The van der Waals surface area contributed by atoms with E-state index in [1.807, 2.05) is 9.80 Å². The van der Waals surface area contributed by atoms with E-state index >= 15 is 0 Å². The second-order valence-electron chi connectivity index (χ2n) is 7.11. The minimum Gasteiger partial charge on any atom is -0.371 e. The van der Waals surface area contributed by atoms with Gasteiger partial charge in [0.1, 0.15) is 0 Å². The molecular formula is C17H25N5O2. The van der Waals surface area contributed by atoms with E-state index < -0.39 is 0 Å². The number of aromatic nitrogens is 2. The molecule has 0 bridgehead atoms. The van der Waals surface area contributed by atoms with Crippen LogP contribution in [0.3, 0.4) is 0 Å². The lowest BCUT2D eigenvalue weighted by Gasteiger charge is -2.41. The summed E-state index contributed by atoms with van der Waals surface area (Å²) in [6.45, 7) is 4.00. The van der Waals surface area contributed by atoms with Crippen LogP contribution < -0.4 is 5.32 Å². The fourth-order valence-corrected chi connectivity index (χ4v) is 4.15. The van der Waals surface area contributed by atoms with Crippen LogP contribution in [0, 0.1) is 0 Å². The molecule has 2 atom stereocenters. The molecule has 2 unspecified atom stereocenters. The van der Waals surface area contributed by atoms with Gasteiger partial charge in [-0.2, -0.15) is 0 Å². The summed E-state index contributed by atoms with van der Waals surface area (Å²) in [6, 6.07) is 2.20. The molecule has 1 aromatic rings. The number of carbonyl (C=O) groups is 1. The van der Waals surface area contributed by atoms with E-state index in [0.29, 0.717) is 19.1 Å². The highest BCUT2D eigenvalue weighted by molar-refractivity contribution is 5.75. The molecule has 2 amide bonds. The third-order valence-electron chi connectivity index (χ3n) is 5.29. The number of rotatable bonds is 2. The first-order chi connectivity index (χ1) is 11.7. The quantitative estimate of drug-likeness (QED) is 0.894. The lowest BCUT2D eigenvalue weighted by atomic mass is 9.89. The number of anilines is 1. The second-order valence-corrected chi connectivity index (χ2v) is 7.11. The Kier molecular flexibility index (Phi) is 4.26. The summed E-state index contributed by atoms with van der Waals surface area (Å²) in [4.78, 5) is 25.1. The zero-order valence-electron chi connectivity index (χ0n) is 14.0. The molecule has 3 saturated heterocycles. The minimum atomic E-state index is -0.208. The molecule has 3 aliphatic heterocycles. The smallest absolute Gasteiger partial charge is 0.320 e. The molecule has 7 heteroatoms. The van der Waals surface area contributed by atoms with Crippen molar-refractivity contribution < 1.29 is 9.53 Å². The topological polar surface area (TPSA) is 70.6 Å².